The van der Waals surface area contributed by atoms with E-state index in [4.69, 9.17) is 14.2 Å². The van der Waals surface area contributed by atoms with Gasteiger partial charge in [-0.3, -0.25) is 4.90 Å². The Morgan fingerprint density at radius 1 is 0.865 bits per heavy atom. The van der Waals surface area contributed by atoms with E-state index < -0.39 is 42.9 Å². The Kier molecular flexibility index (Phi) is 11.1. The van der Waals surface area contributed by atoms with Crippen LogP contribution in [0.5, 0.6) is 5.75 Å². The second-order valence-corrected chi connectivity index (χ2v) is 18.9. The maximum Gasteiger partial charge on any atom is 0.243 e. The van der Waals surface area contributed by atoms with Crippen molar-refractivity contribution in [2.45, 2.75) is 70.9 Å². The zero-order chi connectivity index (χ0) is 36.4. The Hall–Kier alpha value is -2.92. The molecule has 1 saturated carbocycles. The minimum Gasteiger partial charge on any atom is -0.491 e. The lowest BCUT2D eigenvalue weighted by molar-refractivity contribution is -0.0312. The van der Waals surface area contributed by atoms with Crippen LogP contribution in [-0.4, -0.2) is 125 Å². The summed E-state index contributed by atoms with van der Waals surface area (Å²) in [6.45, 7) is 5.23. The van der Waals surface area contributed by atoms with Crippen LogP contribution in [0.3, 0.4) is 0 Å². The van der Waals surface area contributed by atoms with E-state index in [0.29, 0.717) is 57.6 Å². The molecule has 7 rings (SSSR count). The summed E-state index contributed by atoms with van der Waals surface area (Å²) < 4.78 is 71.3. The molecule has 12 nitrogen and oxygen atoms in total. The van der Waals surface area contributed by atoms with Gasteiger partial charge in [0, 0.05) is 45.3 Å². The molecule has 0 bridgehead atoms. The van der Waals surface area contributed by atoms with Crippen LogP contribution < -0.4 is 10.1 Å². The number of piperidine rings is 1. The fourth-order valence-corrected chi connectivity index (χ4v) is 10.8. The minimum absolute atomic E-state index is 0.00331. The highest BCUT2D eigenvalue weighted by Gasteiger charge is 2.54. The van der Waals surface area contributed by atoms with Gasteiger partial charge in [-0.15, -0.1) is 0 Å². The average Bonchev–Trinajstić information content (AvgIpc) is 3.90. The van der Waals surface area contributed by atoms with Crippen LogP contribution in [0.1, 0.15) is 37.7 Å². The Bertz CT molecular complexity index is 1910. The number of rotatable bonds is 14. The molecule has 3 heterocycles. The van der Waals surface area contributed by atoms with Gasteiger partial charge in [0.2, 0.25) is 10.0 Å². The molecule has 3 N–H and O–H groups in total. The van der Waals surface area contributed by atoms with Crippen LogP contribution in [0.2, 0.25) is 0 Å². The lowest BCUT2D eigenvalue weighted by atomic mass is 9.88. The first-order chi connectivity index (χ1) is 25.0. The maximum absolute atomic E-state index is 13.8. The van der Waals surface area contributed by atoms with E-state index in [0.717, 1.165) is 44.0 Å². The van der Waals surface area contributed by atoms with Gasteiger partial charge in [-0.25, -0.2) is 16.8 Å². The first-order valence-corrected chi connectivity index (χ1v) is 21.1. The highest BCUT2D eigenvalue weighted by atomic mass is 32.2. The number of hydrogen-bond donors (Lipinski definition) is 3. The number of benzene rings is 3. The number of aliphatic hydroxyl groups is 2. The molecule has 4 fully saturated rings. The van der Waals surface area contributed by atoms with Crippen LogP contribution in [-0.2, 0) is 35.9 Å². The topological polar surface area (TPSA) is 155 Å². The average molecular weight is 756 g/mol. The van der Waals surface area contributed by atoms with E-state index in [-0.39, 0.29) is 29.0 Å². The summed E-state index contributed by atoms with van der Waals surface area (Å²) in [5.41, 5.74) is 2.63. The van der Waals surface area contributed by atoms with Gasteiger partial charge in [0.05, 0.1) is 46.6 Å². The predicted octanol–water partition coefficient (Wildman–Crippen LogP) is 2.83. The number of hydrogen-bond acceptors (Lipinski definition) is 11. The van der Waals surface area contributed by atoms with Crippen LogP contribution in [0.15, 0.2) is 82.6 Å². The molecule has 0 aromatic heterocycles. The maximum atomic E-state index is 13.8. The van der Waals surface area contributed by atoms with E-state index in [1.54, 1.807) is 34.6 Å². The zero-order valence-corrected chi connectivity index (χ0v) is 31.0. The number of sulfone groups is 1. The van der Waals surface area contributed by atoms with Crippen LogP contribution in [0, 0.1) is 0 Å². The first-order valence-electron chi connectivity index (χ1n) is 18.1. The molecule has 0 radical (unpaired) electrons. The summed E-state index contributed by atoms with van der Waals surface area (Å²) in [4.78, 5) is 2.76. The van der Waals surface area contributed by atoms with Crippen LogP contribution >= 0.6 is 0 Å². The molecular weight excluding hydrogens is 707 g/mol. The Balaban J connectivity index is 0.873. The van der Waals surface area contributed by atoms with Crippen molar-refractivity contribution in [3.05, 3.63) is 78.4 Å². The summed E-state index contributed by atoms with van der Waals surface area (Å²) in [5.74, 6) is 0.333. The minimum atomic E-state index is -3.69. The largest absolute Gasteiger partial charge is 0.491 e. The predicted molar refractivity (Wildman–Crippen MR) is 195 cm³/mol. The van der Waals surface area contributed by atoms with Gasteiger partial charge >= 0.3 is 0 Å². The molecule has 14 heteroatoms. The fourth-order valence-electron chi connectivity index (χ4n) is 7.45. The summed E-state index contributed by atoms with van der Waals surface area (Å²) in [7, 11) is -7.37. The van der Waals surface area contributed by atoms with Crippen molar-refractivity contribution in [3.8, 4) is 16.9 Å². The highest BCUT2D eigenvalue weighted by molar-refractivity contribution is 7.93. The molecular formula is C38H49N3O9S2. The van der Waals surface area contributed by atoms with E-state index in [1.807, 2.05) is 6.07 Å². The summed E-state index contributed by atoms with van der Waals surface area (Å²) in [5, 5.41) is 23.6. The Morgan fingerprint density at radius 3 is 2.29 bits per heavy atom. The monoisotopic (exact) mass is 755 g/mol. The highest BCUT2D eigenvalue weighted by Crippen LogP contribution is 2.46. The van der Waals surface area contributed by atoms with Gasteiger partial charge < -0.3 is 29.7 Å². The van der Waals surface area contributed by atoms with E-state index >= 15 is 0 Å². The van der Waals surface area contributed by atoms with Crippen molar-refractivity contribution in [1.82, 2.24) is 14.5 Å². The van der Waals surface area contributed by atoms with Gasteiger partial charge in [0.25, 0.3) is 0 Å². The van der Waals surface area contributed by atoms with Crippen molar-refractivity contribution in [2.75, 3.05) is 65.8 Å². The van der Waals surface area contributed by atoms with Gasteiger partial charge in [0.1, 0.15) is 18.5 Å². The molecule has 3 saturated heterocycles. The Labute approximate surface area is 306 Å². The molecule has 1 spiro atoms. The fraction of sp³-hybridized carbons (Fsp3) is 0.526. The number of nitrogens with zero attached hydrogens (tertiary/aromatic N) is 2. The van der Waals surface area contributed by atoms with Crippen LogP contribution in [0.25, 0.3) is 11.1 Å². The van der Waals surface area contributed by atoms with Crippen LogP contribution in [0.4, 0.5) is 0 Å². The van der Waals surface area contributed by atoms with E-state index in [9.17, 15) is 27.0 Å². The van der Waals surface area contributed by atoms with Gasteiger partial charge in [-0.05, 0) is 79.1 Å². The smallest absolute Gasteiger partial charge is 0.243 e. The third-order valence-electron chi connectivity index (χ3n) is 11.0. The van der Waals surface area contributed by atoms with Gasteiger partial charge in [-0.2, -0.15) is 4.31 Å². The van der Waals surface area contributed by atoms with Gasteiger partial charge in [0.15, 0.2) is 9.84 Å². The molecule has 3 aliphatic heterocycles. The number of nitrogens with one attached hydrogen (secondary N) is 1. The third kappa shape index (κ3) is 8.10. The number of morpholine rings is 1. The first kappa shape index (κ1) is 37.4. The standard InChI is InChI=1S/C38H49N3O9S2/c42-28-38(11-12-38)51(44,45)35-5-2-4-34(22-35)49-27-33(43)24-39-32-23-37(50-26-32)13-15-41(16-14-37)52(46,47)36-6-1-3-31(21-36)30-9-7-29(8-10-30)25-40-17-19-48-20-18-40/h1-10,21-22,32-33,39,42-43H,11-20,23-28H2/t32-,33?/m0/s1. The molecule has 1 aliphatic carbocycles. The van der Waals surface area contributed by atoms with Crippen molar-refractivity contribution in [2.24, 2.45) is 0 Å². The van der Waals surface area contributed by atoms with E-state index in [1.165, 1.54) is 17.7 Å². The zero-order valence-electron chi connectivity index (χ0n) is 29.4. The normalized spacial score (nSPS) is 22.7. The van der Waals surface area contributed by atoms with Crippen molar-refractivity contribution >= 4 is 19.9 Å². The molecule has 282 valence electrons. The lowest BCUT2D eigenvalue weighted by Gasteiger charge is -2.38. The molecule has 0 amide bonds. The van der Waals surface area contributed by atoms with Crippen molar-refractivity contribution in [1.29, 1.82) is 0 Å². The molecule has 4 aliphatic rings. The second kappa shape index (κ2) is 15.4. The quantitative estimate of drug-likeness (QED) is 0.223. The van der Waals surface area contributed by atoms with E-state index in [2.05, 4.69) is 34.5 Å². The molecule has 3 aromatic rings. The SMILES string of the molecule is O=S(=O)(c1cccc(-c2ccc(CN3CCOCC3)cc2)c1)N1CCC2(CC1)C[C@H](NCC(O)COc1cccc(S(=O)(=O)C3(CO)CC3)c1)CO2. The lowest BCUT2D eigenvalue weighted by Crippen LogP contribution is -2.47. The molecule has 52 heavy (non-hydrogen) atoms. The molecule has 2 atom stereocenters. The summed E-state index contributed by atoms with van der Waals surface area (Å²) in [6, 6.07) is 21.7. The number of ether oxygens (including phenoxy) is 3. The van der Waals surface area contributed by atoms with Gasteiger partial charge in [-0.1, -0.05) is 42.5 Å². The second-order valence-electron chi connectivity index (χ2n) is 14.6. The Morgan fingerprint density at radius 2 is 1.58 bits per heavy atom. The summed E-state index contributed by atoms with van der Waals surface area (Å²) >= 11 is 0. The van der Waals surface area contributed by atoms with Crippen molar-refractivity contribution < 1.29 is 41.3 Å². The number of sulfonamides is 1. The molecule has 1 unspecified atom stereocenters. The number of aliphatic hydroxyl groups excluding tert-OH is 2. The van der Waals surface area contributed by atoms with Crippen molar-refractivity contribution in [3.63, 3.8) is 0 Å². The summed E-state index contributed by atoms with van der Waals surface area (Å²) in [6.07, 6.45) is 1.89. The molecule has 3 aromatic carbocycles. The third-order valence-corrected chi connectivity index (χ3v) is 15.4.